The summed E-state index contributed by atoms with van der Waals surface area (Å²) < 4.78 is 21.3. The fraction of sp³-hybridized carbons (Fsp3) is 0.158. The van der Waals surface area contributed by atoms with Gasteiger partial charge in [0.25, 0.3) is 5.91 Å². The van der Waals surface area contributed by atoms with E-state index in [9.17, 15) is 9.18 Å². The molecule has 0 aliphatic carbocycles. The summed E-state index contributed by atoms with van der Waals surface area (Å²) in [5.41, 5.74) is 2.33. The van der Waals surface area contributed by atoms with Crippen molar-refractivity contribution < 1.29 is 13.7 Å². The topological polar surface area (TPSA) is 76.5 Å². The van der Waals surface area contributed by atoms with Gasteiger partial charge >= 0.3 is 0 Å². The van der Waals surface area contributed by atoms with Gasteiger partial charge in [-0.3, -0.25) is 14.2 Å². The number of fused-ring (bicyclic) bond motifs is 1. The Hall–Kier alpha value is -3.55. The predicted octanol–water partition coefficient (Wildman–Crippen LogP) is 3.10. The molecule has 1 amide bonds. The first-order valence-electron chi connectivity index (χ1n) is 8.29. The number of nitrogens with zero attached hydrogens (tertiary/aromatic N) is 5. The normalized spacial score (nSPS) is 11.1. The number of aromatic nitrogens is 4. The van der Waals surface area contributed by atoms with Crippen LogP contribution in [-0.4, -0.2) is 37.4 Å². The number of carbonyl (C=O) groups is 1. The Labute approximate surface area is 154 Å². The molecule has 4 aromatic heterocycles. The highest BCUT2D eigenvalue weighted by Gasteiger charge is 2.24. The number of amides is 1. The molecule has 0 spiro atoms. The number of hydrogen-bond acceptors (Lipinski definition) is 5. The lowest BCUT2D eigenvalue weighted by molar-refractivity contribution is 0.0761. The molecule has 0 saturated carbocycles. The van der Waals surface area contributed by atoms with Crippen LogP contribution in [0.2, 0.25) is 0 Å². The maximum atomic E-state index is 14.7. The molecule has 0 radical (unpaired) electrons. The molecule has 0 aliphatic heterocycles. The van der Waals surface area contributed by atoms with Gasteiger partial charge in [-0.15, -0.1) is 0 Å². The maximum absolute atomic E-state index is 14.7. The number of rotatable bonds is 4. The third-order valence-corrected chi connectivity index (χ3v) is 4.26. The molecule has 0 N–H and O–H groups in total. The summed E-state index contributed by atoms with van der Waals surface area (Å²) in [6.07, 6.45) is 3.32. The zero-order valence-corrected chi connectivity index (χ0v) is 14.8. The number of aryl methyl sites for hydroxylation is 1. The van der Waals surface area contributed by atoms with E-state index in [1.54, 1.807) is 50.6 Å². The van der Waals surface area contributed by atoms with Crippen LogP contribution in [-0.2, 0) is 6.54 Å². The largest absolute Gasteiger partial charge is 0.359 e. The minimum atomic E-state index is -0.671. The Kier molecular flexibility index (Phi) is 4.15. The van der Waals surface area contributed by atoms with Gasteiger partial charge in [-0.25, -0.2) is 4.98 Å². The Morgan fingerprint density at radius 1 is 1.26 bits per heavy atom. The van der Waals surface area contributed by atoms with E-state index >= 15 is 0 Å². The van der Waals surface area contributed by atoms with E-state index in [0.29, 0.717) is 22.8 Å². The molecule has 0 aromatic carbocycles. The van der Waals surface area contributed by atoms with Crippen LogP contribution in [0.4, 0.5) is 4.39 Å². The van der Waals surface area contributed by atoms with Crippen LogP contribution in [0.3, 0.4) is 0 Å². The molecular formula is C19H16FN5O2. The van der Waals surface area contributed by atoms with Gasteiger partial charge in [0.05, 0.1) is 6.54 Å². The number of imidazole rings is 1. The van der Waals surface area contributed by atoms with Gasteiger partial charge in [-0.05, 0) is 31.2 Å². The van der Waals surface area contributed by atoms with E-state index in [4.69, 9.17) is 4.52 Å². The molecule has 0 unspecified atom stereocenters. The van der Waals surface area contributed by atoms with Crippen molar-refractivity contribution in [2.24, 2.45) is 0 Å². The number of carbonyl (C=O) groups excluding carboxylic acids is 1. The monoisotopic (exact) mass is 365 g/mol. The minimum absolute atomic E-state index is 0.142. The van der Waals surface area contributed by atoms with Crippen LogP contribution in [0.5, 0.6) is 0 Å². The van der Waals surface area contributed by atoms with Crippen molar-refractivity contribution in [3.05, 3.63) is 71.9 Å². The summed E-state index contributed by atoms with van der Waals surface area (Å²) in [6, 6.07) is 10.5. The summed E-state index contributed by atoms with van der Waals surface area (Å²) in [4.78, 5) is 22.1. The Balaban J connectivity index is 1.56. The van der Waals surface area contributed by atoms with Gasteiger partial charge in [0.2, 0.25) is 5.95 Å². The summed E-state index contributed by atoms with van der Waals surface area (Å²) in [5, 5.41) is 4.00. The predicted molar refractivity (Wildman–Crippen MR) is 95.4 cm³/mol. The minimum Gasteiger partial charge on any atom is -0.359 e. The highest BCUT2D eigenvalue weighted by molar-refractivity contribution is 5.93. The van der Waals surface area contributed by atoms with Crippen LogP contribution in [0.1, 0.15) is 21.9 Å². The summed E-state index contributed by atoms with van der Waals surface area (Å²) in [7, 11) is 1.56. The number of pyridine rings is 2. The second kappa shape index (κ2) is 6.64. The van der Waals surface area contributed by atoms with Crippen LogP contribution in [0, 0.1) is 12.9 Å². The quantitative estimate of drug-likeness (QED) is 0.555. The van der Waals surface area contributed by atoms with Crippen molar-refractivity contribution in [1.29, 1.82) is 0 Å². The van der Waals surface area contributed by atoms with E-state index < -0.39 is 11.9 Å². The first kappa shape index (κ1) is 16.9. The van der Waals surface area contributed by atoms with Crippen LogP contribution < -0.4 is 0 Å². The highest BCUT2D eigenvalue weighted by atomic mass is 19.1. The zero-order chi connectivity index (χ0) is 19.0. The second-order valence-corrected chi connectivity index (χ2v) is 6.19. The highest BCUT2D eigenvalue weighted by Crippen LogP contribution is 2.20. The zero-order valence-electron chi connectivity index (χ0n) is 14.8. The standard InChI is InChI=1S/C19H16FN5O2/c1-12-4-3-5-16-22-17(18(20)25(12)16)19(26)24(2)11-14-10-15(23-27-14)13-6-8-21-9-7-13/h3-10H,11H2,1-2H3. The van der Waals surface area contributed by atoms with Crippen molar-refractivity contribution in [2.45, 2.75) is 13.5 Å². The van der Waals surface area contributed by atoms with E-state index in [0.717, 1.165) is 5.56 Å². The fourth-order valence-electron chi connectivity index (χ4n) is 2.88. The van der Waals surface area contributed by atoms with Crippen molar-refractivity contribution >= 4 is 11.6 Å². The van der Waals surface area contributed by atoms with Gasteiger partial charge in [0.1, 0.15) is 11.3 Å². The van der Waals surface area contributed by atoms with Gasteiger partial charge in [-0.2, -0.15) is 4.39 Å². The molecule has 27 heavy (non-hydrogen) atoms. The average Bonchev–Trinajstić information content (AvgIpc) is 3.27. The first-order valence-corrected chi connectivity index (χ1v) is 8.29. The average molecular weight is 365 g/mol. The van der Waals surface area contributed by atoms with E-state index in [1.165, 1.54) is 9.30 Å². The summed E-state index contributed by atoms with van der Waals surface area (Å²) in [5.74, 6) is -0.717. The molecule has 0 atom stereocenters. The fourth-order valence-corrected chi connectivity index (χ4v) is 2.88. The molecule has 4 aromatic rings. The lowest BCUT2D eigenvalue weighted by Crippen LogP contribution is -2.27. The Morgan fingerprint density at radius 3 is 2.78 bits per heavy atom. The third kappa shape index (κ3) is 3.05. The Bertz CT molecular complexity index is 1120. The molecule has 0 fully saturated rings. The lowest BCUT2D eigenvalue weighted by atomic mass is 10.2. The molecule has 4 rings (SSSR count). The third-order valence-electron chi connectivity index (χ3n) is 4.26. The SMILES string of the molecule is Cc1cccc2nc(C(=O)N(C)Cc3cc(-c4ccncc4)no3)c(F)n12. The van der Waals surface area contributed by atoms with Crippen molar-refractivity contribution in [3.63, 3.8) is 0 Å². The molecule has 0 aliphatic rings. The van der Waals surface area contributed by atoms with Gasteiger partial charge in [-0.1, -0.05) is 11.2 Å². The van der Waals surface area contributed by atoms with Crippen molar-refractivity contribution in [1.82, 2.24) is 24.4 Å². The van der Waals surface area contributed by atoms with Gasteiger partial charge in [0, 0.05) is 36.8 Å². The first-order chi connectivity index (χ1) is 13.0. The van der Waals surface area contributed by atoms with Gasteiger partial charge in [0.15, 0.2) is 11.5 Å². The van der Waals surface area contributed by atoms with E-state index in [2.05, 4.69) is 15.1 Å². The molecule has 4 heterocycles. The lowest BCUT2D eigenvalue weighted by Gasteiger charge is -2.13. The Morgan fingerprint density at radius 2 is 2.04 bits per heavy atom. The molecule has 8 heteroatoms. The molecule has 0 saturated heterocycles. The molecule has 7 nitrogen and oxygen atoms in total. The van der Waals surface area contributed by atoms with Crippen LogP contribution in [0.25, 0.3) is 16.9 Å². The van der Waals surface area contributed by atoms with Crippen molar-refractivity contribution in [2.75, 3.05) is 7.05 Å². The maximum Gasteiger partial charge on any atom is 0.277 e. The summed E-state index contributed by atoms with van der Waals surface area (Å²) in [6.45, 7) is 1.90. The van der Waals surface area contributed by atoms with Crippen molar-refractivity contribution in [3.8, 4) is 11.3 Å². The molecule has 136 valence electrons. The van der Waals surface area contributed by atoms with Gasteiger partial charge < -0.3 is 9.42 Å². The molecule has 0 bridgehead atoms. The molecular weight excluding hydrogens is 349 g/mol. The van der Waals surface area contributed by atoms with Crippen LogP contribution in [0.15, 0.2) is 53.3 Å². The van der Waals surface area contributed by atoms with E-state index in [1.807, 2.05) is 12.1 Å². The number of halogens is 1. The number of hydrogen-bond donors (Lipinski definition) is 0. The second-order valence-electron chi connectivity index (χ2n) is 6.19. The van der Waals surface area contributed by atoms with E-state index in [-0.39, 0.29) is 12.2 Å². The van der Waals surface area contributed by atoms with Crippen LogP contribution >= 0.6 is 0 Å². The summed E-state index contributed by atoms with van der Waals surface area (Å²) >= 11 is 0. The smallest absolute Gasteiger partial charge is 0.277 e.